The molecule has 0 saturated heterocycles. The molecule has 0 spiro atoms. The quantitative estimate of drug-likeness (QED) is 0.545. The number of rotatable bonds is 7. The van der Waals surface area contributed by atoms with E-state index >= 15 is 0 Å². The first-order valence-corrected chi connectivity index (χ1v) is 7.47. The minimum atomic E-state index is 0.0382. The van der Waals surface area contributed by atoms with Crippen LogP contribution in [-0.2, 0) is 9.53 Å². The fraction of sp³-hybridized carbons (Fsp3) is 0.867. The van der Waals surface area contributed by atoms with E-state index in [9.17, 15) is 4.79 Å². The van der Waals surface area contributed by atoms with Crippen molar-refractivity contribution < 1.29 is 9.53 Å². The summed E-state index contributed by atoms with van der Waals surface area (Å²) in [5, 5.41) is 6.35. The Bertz CT molecular complexity index is 335. The zero-order valence-electron chi connectivity index (χ0n) is 14.6. The zero-order chi connectivity index (χ0) is 16.5. The van der Waals surface area contributed by atoms with Crippen molar-refractivity contribution in [3.05, 3.63) is 0 Å². The lowest BCUT2D eigenvalue weighted by Crippen LogP contribution is -2.40. The maximum Gasteiger partial charge on any atom is 0.223 e. The average molecular weight is 300 g/mol. The Hall–Kier alpha value is -1.30. The van der Waals surface area contributed by atoms with Crippen molar-refractivity contribution in [3.8, 4) is 0 Å². The topological polar surface area (TPSA) is 66.0 Å². The highest BCUT2D eigenvalue weighted by Gasteiger charge is 2.24. The Morgan fingerprint density at radius 2 is 1.90 bits per heavy atom. The van der Waals surface area contributed by atoms with E-state index in [0.717, 1.165) is 12.5 Å². The van der Waals surface area contributed by atoms with Gasteiger partial charge in [-0.05, 0) is 12.3 Å². The molecule has 0 fully saturated rings. The number of hydrogen-bond acceptors (Lipinski definition) is 3. The Kier molecular flexibility index (Phi) is 9.01. The second kappa shape index (κ2) is 9.60. The van der Waals surface area contributed by atoms with Crippen molar-refractivity contribution in [1.82, 2.24) is 15.5 Å². The van der Waals surface area contributed by atoms with E-state index in [-0.39, 0.29) is 17.4 Å². The minimum Gasteiger partial charge on any atom is -0.379 e. The lowest BCUT2D eigenvalue weighted by atomic mass is 9.89. The SMILES string of the molecule is CCNC(=NCC(OC)C(C)(C)C)NCCC(=O)N(C)C. The molecule has 0 rings (SSSR count). The molecule has 1 unspecified atom stereocenters. The summed E-state index contributed by atoms with van der Waals surface area (Å²) in [4.78, 5) is 17.7. The molecule has 124 valence electrons. The first-order valence-electron chi connectivity index (χ1n) is 7.47. The Labute approximate surface area is 129 Å². The van der Waals surface area contributed by atoms with Crippen LogP contribution in [0.3, 0.4) is 0 Å². The molecule has 0 radical (unpaired) electrons. The van der Waals surface area contributed by atoms with Crippen LogP contribution < -0.4 is 10.6 Å². The molecule has 1 atom stereocenters. The number of carbonyl (C=O) groups excluding carboxylic acids is 1. The van der Waals surface area contributed by atoms with Crippen LogP contribution in [0.25, 0.3) is 0 Å². The fourth-order valence-electron chi connectivity index (χ4n) is 1.73. The number of aliphatic imine (C=N–C) groups is 1. The molecule has 0 bridgehead atoms. The van der Waals surface area contributed by atoms with Crippen LogP contribution >= 0.6 is 0 Å². The van der Waals surface area contributed by atoms with Gasteiger partial charge < -0.3 is 20.3 Å². The van der Waals surface area contributed by atoms with Gasteiger partial charge in [0.1, 0.15) is 0 Å². The van der Waals surface area contributed by atoms with Gasteiger partial charge >= 0.3 is 0 Å². The third-order valence-electron chi connectivity index (χ3n) is 3.14. The standard InChI is InChI=1S/C15H32N4O2/c1-8-16-14(17-10-9-13(20)19(5)6)18-11-12(21-7)15(2,3)4/h12H,8-11H2,1-7H3,(H2,16,17,18). The fourth-order valence-corrected chi connectivity index (χ4v) is 1.73. The van der Waals surface area contributed by atoms with Gasteiger partial charge in [-0.15, -0.1) is 0 Å². The van der Waals surface area contributed by atoms with Crippen molar-refractivity contribution in [1.29, 1.82) is 0 Å². The second-order valence-electron chi connectivity index (χ2n) is 6.27. The van der Waals surface area contributed by atoms with Crippen LogP contribution in [0.1, 0.15) is 34.1 Å². The van der Waals surface area contributed by atoms with Gasteiger partial charge in [-0.1, -0.05) is 20.8 Å². The summed E-state index contributed by atoms with van der Waals surface area (Å²) in [7, 11) is 5.23. The van der Waals surface area contributed by atoms with Gasteiger partial charge in [0.2, 0.25) is 5.91 Å². The molecule has 2 N–H and O–H groups in total. The number of ether oxygens (including phenoxy) is 1. The van der Waals surface area contributed by atoms with E-state index in [0.29, 0.717) is 19.5 Å². The normalized spacial score (nSPS) is 13.8. The molecule has 0 aliphatic rings. The van der Waals surface area contributed by atoms with E-state index in [1.807, 2.05) is 6.92 Å². The number of carbonyl (C=O) groups is 1. The Balaban J connectivity index is 4.46. The summed E-state index contributed by atoms with van der Waals surface area (Å²) in [5.74, 6) is 0.818. The van der Waals surface area contributed by atoms with Crippen molar-refractivity contribution in [2.45, 2.75) is 40.2 Å². The van der Waals surface area contributed by atoms with Crippen molar-refractivity contribution >= 4 is 11.9 Å². The molecule has 0 aliphatic carbocycles. The number of methoxy groups -OCH3 is 1. The van der Waals surface area contributed by atoms with Crippen molar-refractivity contribution in [2.24, 2.45) is 10.4 Å². The van der Waals surface area contributed by atoms with Gasteiger partial charge in [-0.25, -0.2) is 0 Å². The smallest absolute Gasteiger partial charge is 0.223 e. The molecule has 0 aromatic rings. The Morgan fingerprint density at radius 3 is 2.33 bits per heavy atom. The summed E-state index contributed by atoms with van der Waals surface area (Å²) in [6, 6.07) is 0. The molecule has 0 saturated carbocycles. The summed E-state index contributed by atoms with van der Waals surface area (Å²) >= 11 is 0. The Morgan fingerprint density at radius 1 is 1.29 bits per heavy atom. The average Bonchev–Trinajstić information content (AvgIpc) is 2.37. The summed E-state index contributed by atoms with van der Waals surface area (Å²) in [5.41, 5.74) is 0.0382. The first kappa shape index (κ1) is 19.7. The lowest BCUT2D eigenvalue weighted by Gasteiger charge is -2.28. The first-order chi connectivity index (χ1) is 9.72. The van der Waals surface area contributed by atoms with Gasteiger partial charge in [0.25, 0.3) is 0 Å². The highest BCUT2D eigenvalue weighted by molar-refractivity contribution is 5.81. The predicted octanol–water partition coefficient (Wildman–Crippen LogP) is 1.08. The number of guanidine groups is 1. The van der Waals surface area contributed by atoms with E-state index in [1.54, 1.807) is 26.1 Å². The highest BCUT2D eigenvalue weighted by Crippen LogP contribution is 2.21. The molecule has 6 nitrogen and oxygen atoms in total. The maximum absolute atomic E-state index is 11.5. The molecular weight excluding hydrogens is 268 g/mol. The monoisotopic (exact) mass is 300 g/mol. The van der Waals surface area contributed by atoms with E-state index < -0.39 is 0 Å². The third-order valence-corrected chi connectivity index (χ3v) is 3.14. The molecule has 1 amide bonds. The lowest BCUT2D eigenvalue weighted by molar-refractivity contribution is -0.128. The summed E-state index contributed by atoms with van der Waals surface area (Å²) in [6.07, 6.45) is 0.501. The zero-order valence-corrected chi connectivity index (χ0v) is 14.6. The van der Waals surface area contributed by atoms with Gasteiger partial charge in [-0.3, -0.25) is 9.79 Å². The summed E-state index contributed by atoms with van der Waals surface area (Å²) in [6.45, 7) is 10.3. The van der Waals surface area contributed by atoms with Crippen LogP contribution in [0.2, 0.25) is 0 Å². The molecular formula is C15H32N4O2. The molecule has 6 heteroatoms. The van der Waals surface area contributed by atoms with E-state index in [1.165, 1.54) is 0 Å². The number of nitrogens with zero attached hydrogens (tertiary/aromatic N) is 2. The minimum absolute atomic E-state index is 0.0382. The predicted molar refractivity (Wildman–Crippen MR) is 87.5 cm³/mol. The molecule has 0 aliphatic heterocycles. The van der Waals surface area contributed by atoms with Gasteiger partial charge in [-0.2, -0.15) is 0 Å². The van der Waals surface area contributed by atoms with E-state index in [4.69, 9.17) is 4.74 Å². The van der Waals surface area contributed by atoms with E-state index in [2.05, 4.69) is 36.4 Å². The van der Waals surface area contributed by atoms with Crippen LogP contribution in [0, 0.1) is 5.41 Å². The number of hydrogen-bond donors (Lipinski definition) is 2. The van der Waals surface area contributed by atoms with Gasteiger partial charge in [0.15, 0.2) is 5.96 Å². The van der Waals surface area contributed by atoms with Crippen LogP contribution in [0.4, 0.5) is 0 Å². The second-order valence-corrected chi connectivity index (χ2v) is 6.27. The molecule has 0 heterocycles. The molecule has 0 aromatic heterocycles. The van der Waals surface area contributed by atoms with Gasteiger partial charge in [0.05, 0.1) is 12.6 Å². The maximum atomic E-state index is 11.5. The van der Waals surface area contributed by atoms with Crippen molar-refractivity contribution in [2.75, 3.05) is 40.8 Å². The highest BCUT2D eigenvalue weighted by atomic mass is 16.5. The van der Waals surface area contributed by atoms with Crippen molar-refractivity contribution in [3.63, 3.8) is 0 Å². The summed E-state index contributed by atoms with van der Waals surface area (Å²) < 4.78 is 5.49. The number of nitrogens with one attached hydrogen (secondary N) is 2. The third kappa shape index (κ3) is 8.55. The molecule has 21 heavy (non-hydrogen) atoms. The number of amides is 1. The molecule has 0 aromatic carbocycles. The van der Waals surface area contributed by atoms with Crippen LogP contribution in [-0.4, -0.2) is 63.7 Å². The van der Waals surface area contributed by atoms with Crippen LogP contribution in [0.15, 0.2) is 4.99 Å². The largest absolute Gasteiger partial charge is 0.379 e. The van der Waals surface area contributed by atoms with Gasteiger partial charge in [0, 0.05) is 40.7 Å². The van der Waals surface area contributed by atoms with Crippen LogP contribution in [0.5, 0.6) is 0 Å².